The molecule has 0 aromatic heterocycles. The maximum Gasteiger partial charge on any atom is 0.327 e. The lowest BCUT2D eigenvalue weighted by atomic mass is 10.2. The van der Waals surface area contributed by atoms with E-state index in [1.165, 1.54) is 7.11 Å². The van der Waals surface area contributed by atoms with E-state index >= 15 is 0 Å². The van der Waals surface area contributed by atoms with Crippen molar-refractivity contribution in [2.24, 2.45) is 0 Å². The molecule has 0 saturated carbocycles. The predicted octanol–water partition coefficient (Wildman–Crippen LogP) is 2.29. The quantitative estimate of drug-likeness (QED) is 0.864. The number of hydrogen-bond acceptors (Lipinski definition) is 4. The van der Waals surface area contributed by atoms with Gasteiger partial charge in [0, 0.05) is 10.2 Å². The van der Waals surface area contributed by atoms with Gasteiger partial charge in [-0.15, -0.1) is 0 Å². The Bertz CT molecular complexity index is 440. The van der Waals surface area contributed by atoms with Gasteiger partial charge in [-0.1, -0.05) is 0 Å². The molecule has 0 fully saturated rings. The normalized spacial score (nSPS) is 11.4. The summed E-state index contributed by atoms with van der Waals surface area (Å²) in [4.78, 5) is 11.2. The number of hydrogen-bond donors (Lipinski definition) is 1. The summed E-state index contributed by atoms with van der Waals surface area (Å²) >= 11 is 3.32. The number of nitrogens with zero attached hydrogens (tertiary/aromatic N) is 1. The zero-order valence-electron chi connectivity index (χ0n) is 8.95. The molecule has 0 amide bonds. The van der Waals surface area contributed by atoms with Crippen molar-refractivity contribution in [3.05, 3.63) is 28.2 Å². The lowest BCUT2D eigenvalue weighted by Gasteiger charge is -2.14. The van der Waals surface area contributed by atoms with Crippen LogP contribution in [0.4, 0.5) is 5.69 Å². The molecular formula is C11H11BrN2O2. The van der Waals surface area contributed by atoms with Crippen LogP contribution in [-0.2, 0) is 9.53 Å². The summed E-state index contributed by atoms with van der Waals surface area (Å²) in [6.07, 6.45) is 0. The Morgan fingerprint density at radius 2 is 2.31 bits per heavy atom. The number of anilines is 1. The monoisotopic (exact) mass is 282 g/mol. The average Bonchev–Trinajstić information content (AvgIpc) is 2.30. The number of nitriles is 1. The molecule has 0 bridgehead atoms. The van der Waals surface area contributed by atoms with Gasteiger partial charge in [0.1, 0.15) is 6.04 Å². The van der Waals surface area contributed by atoms with E-state index in [2.05, 4.69) is 26.0 Å². The van der Waals surface area contributed by atoms with Crippen molar-refractivity contribution in [1.82, 2.24) is 0 Å². The lowest BCUT2D eigenvalue weighted by Crippen LogP contribution is -2.27. The molecule has 1 aromatic rings. The maximum atomic E-state index is 11.2. The van der Waals surface area contributed by atoms with Crippen LogP contribution in [0.25, 0.3) is 0 Å². The van der Waals surface area contributed by atoms with Gasteiger partial charge in [0.25, 0.3) is 0 Å². The van der Waals surface area contributed by atoms with Crippen LogP contribution in [0.5, 0.6) is 0 Å². The van der Waals surface area contributed by atoms with Crippen LogP contribution in [0.2, 0.25) is 0 Å². The average molecular weight is 283 g/mol. The maximum absolute atomic E-state index is 11.2. The smallest absolute Gasteiger partial charge is 0.327 e. The highest BCUT2D eigenvalue weighted by Gasteiger charge is 2.13. The number of nitrogens with one attached hydrogen (secondary N) is 1. The molecule has 0 aliphatic carbocycles. The van der Waals surface area contributed by atoms with Crippen molar-refractivity contribution < 1.29 is 9.53 Å². The Kier molecular flexibility index (Phi) is 4.32. The van der Waals surface area contributed by atoms with Crippen molar-refractivity contribution in [2.45, 2.75) is 13.0 Å². The minimum Gasteiger partial charge on any atom is -0.467 e. The molecule has 4 nitrogen and oxygen atoms in total. The number of benzene rings is 1. The van der Waals surface area contributed by atoms with Gasteiger partial charge in [0.15, 0.2) is 0 Å². The fraction of sp³-hybridized carbons (Fsp3) is 0.273. The summed E-state index contributed by atoms with van der Waals surface area (Å²) < 4.78 is 5.34. The third-order valence-corrected chi connectivity index (χ3v) is 2.68. The predicted molar refractivity (Wildman–Crippen MR) is 64.0 cm³/mol. The summed E-state index contributed by atoms with van der Waals surface area (Å²) in [5, 5.41) is 11.7. The third-order valence-electron chi connectivity index (χ3n) is 2.02. The highest BCUT2D eigenvalue weighted by Crippen LogP contribution is 2.24. The molecule has 0 spiro atoms. The fourth-order valence-electron chi connectivity index (χ4n) is 1.17. The van der Waals surface area contributed by atoms with Crippen LogP contribution >= 0.6 is 15.9 Å². The molecular weight excluding hydrogens is 272 g/mol. The molecule has 1 N–H and O–H groups in total. The molecule has 0 heterocycles. The molecule has 84 valence electrons. The van der Waals surface area contributed by atoms with E-state index in [9.17, 15) is 4.79 Å². The van der Waals surface area contributed by atoms with Crippen LogP contribution in [0.3, 0.4) is 0 Å². The van der Waals surface area contributed by atoms with Crippen molar-refractivity contribution in [3.63, 3.8) is 0 Å². The Morgan fingerprint density at radius 3 is 2.81 bits per heavy atom. The molecule has 0 saturated heterocycles. The van der Waals surface area contributed by atoms with E-state index in [1.54, 1.807) is 25.1 Å². The van der Waals surface area contributed by atoms with E-state index in [-0.39, 0.29) is 5.97 Å². The van der Waals surface area contributed by atoms with Gasteiger partial charge in [0.05, 0.1) is 18.7 Å². The summed E-state index contributed by atoms with van der Waals surface area (Å²) in [5.74, 6) is -0.337. The minimum atomic E-state index is -0.436. The zero-order valence-corrected chi connectivity index (χ0v) is 10.5. The lowest BCUT2D eigenvalue weighted by molar-refractivity contribution is -0.141. The number of methoxy groups -OCH3 is 1. The third kappa shape index (κ3) is 2.97. The summed E-state index contributed by atoms with van der Waals surface area (Å²) in [5.41, 5.74) is 1.31. The first-order valence-corrected chi connectivity index (χ1v) is 5.41. The Hall–Kier alpha value is -1.54. The molecule has 0 radical (unpaired) electrons. The van der Waals surface area contributed by atoms with Gasteiger partial charge in [-0.05, 0) is 41.1 Å². The van der Waals surface area contributed by atoms with Crippen LogP contribution in [0.1, 0.15) is 12.5 Å². The second-order valence-corrected chi connectivity index (χ2v) is 4.05. The Balaban J connectivity index is 2.83. The highest BCUT2D eigenvalue weighted by molar-refractivity contribution is 9.10. The first-order valence-electron chi connectivity index (χ1n) is 4.62. The molecule has 0 aliphatic rings. The summed E-state index contributed by atoms with van der Waals surface area (Å²) in [7, 11) is 1.34. The molecule has 1 atom stereocenters. The Morgan fingerprint density at radius 1 is 1.62 bits per heavy atom. The van der Waals surface area contributed by atoms with E-state index < -0.39 is 6.04 Å². The second kappa shape index (κ2) is 5.52. The second-order valence-electron chi connectivity index (χ2n) is 3.20. The number of halogens is 1. The molecule has 0 aliphatic heterocycles. The molecule has 1 rings (SSSR count). The van der Waals surface area contributed by atoms with Crippen LogP contribution in [-0.4, -0.2) is 19.1 Å². The van der Waals surface area contributed by atoms with Gasteiger partial charge < -0.3 is 10.1 Å². The topological polar surface area (TPSA) is 62.1 Å². The van der Waals surface area contributed by atoms with Crippen molar-refractivity contribution in [2.75, 3.05) is 12.4 Å². The van der Waals surface area contributed by atoms with Crippen molar-refractivity contribution in [1.29, 1.82) is 5.26 Å². The van der Waals surface area contributed by atoms with Gasteiger partial charge in [-0.2, -0.15) is 5.26 Å². The van der Waals surface area contributed by atoms with E-state index in [0.29, 0.717) is 5.56 Å². The molecule has 16 heavy (non-hydrogen) atoms. The van der Waals surface area contributed by atoms with Crippen LogP contribution in [0.15, 0.2) is 22.7 Å². The van der Waals surface area contributed by atoms with E-state index in [4.69, 9.17) is 5.26 Å². The summed E-state index contributed by atoms with van der Waals surface area (Å²) in [6, 6.07) is 6.70. The van der Waals surface area contributed by atoms with Crippen molar-refractivity contribution >= 4 is 27.6 Å². The largest absolute Gasteiger partial charge is 0.467 e. The molecule has 5 heteroatoms. The first kappa shape index (κ1) is 12.5. The van der Waals surface area contributed by atoms with Crippen molar-refractivity contribution in [3.8, 4) is 6.07 Å². The van der Waals surface area contributed by atoms with Gasteiger partial charge in [-0.25, -0.2) is 4.79 Å². The van der Waals surface area contributed by atoms with Gasteiger partial charge >= 0.3 is 5.97 Å². The van der Waals surface area contributed by atoms with E-state index in [0.717, 1.165) is 10.2 Å². The summed E-state index contributed by atoms with van der Waals surface area (Å²) in [6.45, 7) is 1.70. The fourth-order valence-corrected chi connectivity index (χ4v) is 1.66. The SMILES string of the molecule is COC(=O)C(C)Nc1ccc(C#N)cc1Br. The molecule has 1 aromatic carbocycles. The number of ether oxygens (including phenoxy) is 1. The minimum absolute atomic E-state index is 0.337. The highest BCUT2D eigenvalue weighted by atomic mass is 79.9. The number of rotatable bonds is 3. The first-order chi connectivity index (χ1) is 7.58. The number of esters is 1. The van der Waals surface area contributed by atoms with Gasteiger partial charge in [-0.3, -0.25) is 0 Å². The zero-order chi connectivity index (χ0) is 12.1. The number of carbonyl (C=O) groups is 1. The number of carbonyl (C=O) groups excluding carboxylic acids is 1. The van der Waals surface area contributed by atoms with Gasteiger partial charge in [0.2, 0.25) is 0 Å². The Labute approximate surface area is 102 Å². The van der Waals surface area contributed by atoms with E-state index in [1.807, 2.05) is 6.07 Å². The van der Waals surface area contributed by atoms with Crippen LogP contribution < -0.4 is 5.32 Å². The van der Waals surface area contributed by atoms with Crippen LogP contribution in [0, 0.1) is 11.3 Å². The standard InChI is InChI=1S/C11H11BrN2O2/c1-7(11(15)16-2)14-10-4-3-8(6-13)5-9(10)12/h3-5,7,14H,1-2H3. The molecule has 1 unspecified atom stereocenters.